The van der Waals surface area contributed by atoms with Gasteiger partial charge >= 0.3 is 0 Å². The summed E-state index contributed by atoms with van der Waals surface area (Å²) < 4.78 is 0. The van der Waals surface area contributed by atoms with Crippen LogP contribution in [0.3, 0.4) is 0 Å². The van der Waals surface area contributed by atoms with Gasteiger partial charge in [-0.15, -0.1) is 0 Å². The van der Waals surface area contributed by atoms with Gasteiger partial charge in [0.2, 0.25) is 0 Å². The Morgan fingerprint density at radius 3 is 2.94 bits per heavy atom. The summed E-state index contributed by atoms with van der Waals surface area (Å²) >= 11 is 0. The van der Waals surface area contributed by atoms with Crippen LogP contribution in [0.4, 0.5) is 11.5 Å². The fourth-order valence-corrected chi connectivity index (χ4v) is 2.54. The van der Waals surface area contributed by atoms with Crippen LogP contribution in [0.25, 0.3) is 0 Å². The fourth-order valence-electron chi connectivity index (χ4n) is 2.54. The summed E-state index contributed by atoms with van der Waals surface area (Å²) in [6.45, 7) is 5.35. The van der Waals surface area contributed by atoms with E-state index in [-0.39, 0.29) is 0 Å². The molecule has 0 amide bonds. The Hall–Kier alpha value is -1.25. The lowest BCUT2D eigenvalue weighted by Gasteiger charge is -2.30. The van der Waals surface area contributed by atoms with Gasteiger partial charge in [-0.1, -0.05) is 19.8 Å². The molecule has 3 heteroatoms. The summed E-state index contributed by atoms with van der Waals surface area (Å²) in [5.74, 6) is 1.74. The standard InChI is InChI=1S/C14H23N3/c1-3-15-14-10-12(8-9-16-14)17-13-7-5-4-6-11(13)2/h8-11,13H,3-7H2,1-2H3,(H2,15,16,17). The summed E-state index contributed by atoms with van der Waals surface area (Å²) in [4.78, 5) is 4.29. The highest BCUT2D eigenvalue weighted by Gasteiger charge is 2.20. The predicted molar refractivity (Wildman–Crippen MR) is 73.4 cm³/mol. The molecule has 94 valence electrons. The molecule has 1 saturated carbocycles. The van der Waals surface area contributed by atoms with Crippen molar-refractivity contribution in [3.05, 3.63) is 18.3 Å². The number of hydrogen-bond donors (Lipinski definition) is 2. The second kappa shape index (κ2) is 5.89. The van der Waals surface area contributed by atoms with E-state index in [1.54, 1.807) is 0 Å². The van der Waals surface area contributed by atoms with Crippen LogP contribution in [0.5, 0.6) is 0 Å². The van der Waals surface area contributed by atoms with E-state index in [1.165, 1.54) is 31.4 Å². The molecule has 2 atom stereocenters. The van der Waals surface area contributed by atoms with E-state index < -0.39 is 0 Å². The maximum atomic E-state index is 4.29. The maximum absolute atomic E-state index is 4.29. The molecule has 1 aliphatic rings. The van der Waals surface area contributed by atoms with Crippen molar-refractivity contribution in [2.24, 2.45) is 5.92 Å². The Balaban J connectivity index is 1.99. The van der Waals surface area contributed by atoms with Crippen LogP contribution >= 0.6 is 0 Å². The first-order valence-corrected chi connectivity index (χ1v) is 6.76. The van der Waals surface area contributed by atoms with Gasteiger partial charge in [0.15, 0.2) is 0 Å². The van der Waals surface area contributed by atoms with E-state index in [0.29, 0.717) is 6.04 Å². The molecule has 2 unspecified atom stereocenters. The Morgan fingerprint density at radius 2 is 2.18 bits per heavy atom. The molecular weight excluding hydrogens is 210 g/mol. The first kappa shape index (κ1) is 12.2. The molecule has 1 aromatic rings. The molecule has 0 bridgehead atoms. The minimum Gasteiger partial charge on any atom is -0.382 e. The molecule has 0 aliphatic heterocycles. The lowest BCUT2D eigenvalue weighted by Crippen LogP contribution is -2.30. The zero-order valence-electron chi connectivity index (χ0n) is 10.9. The maximum Gasteiger partial charge on any atom is 0.127 e. The van der Waals surface area contributed by atoms with Crippen LogP contribution < -0.4 is 10.6 Å². The second-order valence-corrected chi connectivity index (χ2v) is 4.97. The Morgan fingerprint density at radius 1 is 1.35 bits per heavy atom. The van der Waals surface area contributed by atoms with Gasteiger partial charge in [-0.05, 0) is 31.7 Å². The number of hydrogen-bond acceptors (Lipinski definition) is 3. The van der Waals surface area contributed by atoms with E-state index >= 15 is 0 Å². The first-order valence-electron chi connectivity index (χ1n) is 6.76. The van der Waals surface area contributed by atoms with Crippen LogP contribution in [0.2, 0.25) is 0 Å². The Labute approximate surface area is 104 Å². The highest BCUT2D eigenvalue weighted by molar-refractivity contribution is 5.52. The van der Waals surface area contributed by atoms with Gasteiger partial charge in [-0.3, -0.25) is 0 Å². The van der Waals surface area contributed by atoms with Gasteiger partial charge in [0.1, 0.15) is 5.82 Å². The number of nitrogens with one attached hydrogen (secondary N) is 2. The molecule has 1 fully saturated rings. The minimum absolute atomic E-state index is 0.626. The van der Waals surface area contributed by atoms with Crippen molar-refractivity contribution in [2.75, 3.05) is 17.2 Å². The van der Waals surface area contributed by atoms with Crippen LogP contribution in [0.15, 0.2) is 18.3 Å². The molecular formula is C14H23N3. The van der Waals surface area contributed by atoms with Gasteiger partial charge in [0.25, 0.3) is 0 Å². The van der Waals surface area contributed by atoms with Crippen LogP contribution in [-0.2, 0) is 0 Å². The molecule has 17 heavy (non-hydrogen) atoms. The number of nitrogens with zero attached hydrogens (tertiary/aromatic N) is 1. The summed E-state index contributed by atoms with van der Waals surface area (Å²) in [6.07, 6.45) is 7.25. The Bertz CT molecular complexity index is 351. The molecule has 0 spiro atoms. The van der Waals surface area contributed by atoms with Crippen molar-refractivity contribution in [3.63, 3.8) is 0 Å². The normalized spacial score (nSPS) is 24.4. The van der Waals surface area contributed by atoms with Crippen LogP contribution in [0.1, 0.15) is 39.5 Å². The second-order valence-electron chi connectivity index (χ2n) is 4.97. The smallest absolute Gasteiger partial charge is 0.127 e. The summed E-state index contributed by atoms with van der Waals surface area (Å²) in [7, 11) is 0. The Kier molecular flexibility index (Phi) is 4.24. The van der Waals surface area contributed by atoms with E-state index in [2.05, 4.69) is 41.6 Å². The van der Waals surface area contributed by atoms with Gasteiger partial charge in [0, 0.05) is 30.5 Å². The topological polar surface area (TPSA) is 37.0 Å². The third kappa shape index (κ3) is 3.35. The van der Waals surface area contributed by atoms with Crippen molar-refractivity contribution in [1.82, 2.24) is 4.98 Å². The van der Waals surface area contributed by atoms with Gasteiger partial charge < -0.3 is 10.6 Å². The zero-order valence-corrected chi connectivity index (χ0v) is 10.9. The number of aromatic nitrogens is 1. The first-order chi connectivity index (χ1) is 8.29. The van der Waals surface area contributed by atoms with Crippen molar-refractivity contribution in [3.8, 4) is 0 Å². The van der Waals surface area contributed by atoms with E-state index in [0.717, 1.165) is 18.3 Å². The monoisotopic (exact) mass is 233 g/mol. The van der Waals surface area contributed by atoms with Crippen LogP contribution in [-0.4, -0.2) is 17.6 Å². The van der Waals surface area contributed by atoms with Crippen molar-refractivity contribution >= 4 is 11.5 Å². The lowest BCUT2D eigenvalue weighted by atomic mass is 9.86. The summed E-state index contributed by atoms with van der Waals surface area (Å²) in [5, 5.41) is 6.89. The minimum atomic E-state index is 0.626. The van der Waals surface area contributed by atoms with Crippen molar-refractivity contribution in [1.29, 1.82) is 0 Å². The molecule has 0 saturated heterocycles. The van der Waals surface area contributed by atoms with Crippen molar-refractivity contribution in [2.45, 2.75) is 45.6 Å². The number of pyridine rings is 1. The van der Waals surface area contributed by atoms with Crippen molar-refractivity contribution < 1.29 is 0 Å². The lowest BCUT2D eigenvalue weighted by molar-refractivity contribution is 0.349. The summed E-state index contributed by atoms with van der Waals surface area (Å²) in [6, 6.07) is 4.79. The van der Waals surface area contributed by atoms with Crippen LogP contribution in [0, 0.1) is 5.92 Å². The molecule has 2 rings (SSSR count). The average molecular weight is 233 g/mol. The number of anilines is 2. The summed E-state index contributed by atoms with van der Waals surface area (Å²) in [5.41, 5.74) is 1.19. The largest absolute Gasteiger partial charge is 0.382 e. The molecule has 1 aromatic heterocycles. The van der Waals surface area contributed by atoms with Gasteiger partial charge in [-0.25, -0.2) is 4.98 Å². The molecule has 1 aliphatic carbocycles. The quantitative estimate of drug-likeness (QED) is 0.835. The molecule has 0 radical (unpaired) electrons. The number of rotatable bonds is 4. The zero-order chi connectivity index (χ0) is 12.1. The average Bonchev–Trinajstić information content (AvgIpc) is 2.33. The SMILES string of the molecule is CCNc1cc(NC2CCCCC2C)ccn1. The van der Waals surface area contributed by atoms with E-state index in [9.17, 15) is 0 Å². The molecule has 2 N–H and O–H groups in total. The highest BCUT2D eigenvalue weighted by Crippen LogP contribution is 2.27. The molecule has 3 nitrogen and oxygen atoms in total. The fraction of sp³-hybridized carbons (Fsp3) is 0.643. The van der Waals surface area contributed by atoms with Gasteiger partial charge in [0.05, 0.1) is 0 Å². The third-order valence-corrected chi connectivity index (χ3v) is 3.58. The molecule has 0 aromatic carbocycles. The third-order valence-electron chi connectivity index (χ3n) is 3.58. The predicted octanol–water partition coefficient (Wildman–Crippen LogP) is 3.50. The van der Waals surface area contributed by atoms with E-state index in [4.69, 9.17) is 0 Å². The highest BCUT2D eigenvalue weighted by atomic mass is 15.0. The van der Waals surface area contributed by atoms with Gasteiger partial charge in [-0.2, -0.15) is 0 Å². The molecule has 1 heterocycles. The van der Waals surface area contributed by atoms with E-state index in [1.807, 2.05) is 6.20 Å².